The van der Waals surface area contributed by atoms with E-state index in [0.29, 0.717) is 6.04 Å². The summed E-state index contributed by atoms with van der Waals surface area (Å²) < 4.78 is 0. The zero-order valence-corrected chi connectivity index (χ0v) is 9.81. The molecule has 3 heteroatoms. The molecule has 1 aliphatic rings. The van der Waals surface area contributed by atoms with E-state index in [4.69, 9.17) is 5.73 Å². The number of likely N-dealkylation sites (tertiary alicyclic amines) is 1. The largest absolute Gasteiger partial charge is 0.330 e. The van der Waals surface area contributed by atoms with E-state index in [1.165, 1.54) is 31.4 Å². The van der Waals surface area contributed by atoms with Crippen molar-refractivity contribution >= 4 is 0 Å². The Kier molecular flexibility index (Phi) is 4.31. The first kappa shape index (κ1) is 11.6. The van der Waals surface area contributed by atoms with Gasteiger partial charge in [-0.25, -0.2) is 0 Å². The molecule has 0 aromatic carbocycles. The SMILES string of the molecule is NCCCN1CCCC[C@@H]1c1cccnc1. The Balaban J connectivity index is 2.04. The lowest BCUT2D eigenvalue weighted by atomic mass is 9.96. The van der Waals surface area contributed by atoms with Gasteiger partial charge in [-0.3, -0.25) is 9.88 Å². The van der Waals surface area contributed by atoms with E-state index in [1.54, 1.807) is 0 Å². The number of hydrogen-bond acceptors (Lipinski definition) is 3. The van der Waals surface area contributed by atoms with Gasteiger partial charge >= 0.3 is 0 Å². The lowest BCUT2D eigenvalue weighted by molar-refractivity contribution is 0.147. The van der Waals surface area contributed by atoms with E-state index >= 15 is 0 Å². The van der Waals surface area contributed by atoms with E-state index in [2.05, 4.69) is 16.0 Å². The van der Waals surface area contributed by atoms with Gasteiger partial charge in [0, 0.05) is 18.4 Å². The summed E-state index contributed by atoms with van der Waals surface area (Å²) in [6.45, 7) is 3.12. The molecule has 1 atom stereocenters. The summed E-state index contributed by atoms with van der Waals surface area (Å²) in [5.41, 5.74) is 6.95. The minimum absolute atomic E-state index is 0.564. The predicted octanol–water partition coefficient (Wildman–Crippen LogP) is 1.96. The van der Waals surface area contributed by atoms with Crippen LogP contribution in [-0.2, 0) is 0 Å². The third-order valence-electron chi connectivity index (χ3n) is 3.33. The van der Waals surface area contributed by atoms with Crippen molar-refractivity contribution in [2.75, 3.05) is 19.6 Å². The molecule has 0 aliphatic carbocycles. The quantitative estimate of drug-likeness (QED) is 0.841. The summed E-state index contributed by atoms with van der Waals surface area (Å²) in [6.07, 6.45) is 8.86. The summed E-state index contributed by atoms with van der Waals surface area (Å²) in [4.78, 5) is 6.79. The van der Waals surface area contributed by atoms with Gasteiger partial charge < -0.3 is 5.73 Å². The topological polar surface area (TPSA) is 42.1 Å². The molecule has 1 saturated heterocycles. The average molecular weight is 219 g/mol. The highest BCUT2D eigenvalue weighted by Gasteiger charge is 2.23. The molecular weight excluding hydrogens is 198 g/mol. The summed E-state index contributed by atoms with van der Waals surface area (Å²) in [5.74, 6) is 0. The van der Waals surface area contributed by atoms with Crippen LogP contribution in [0.25, 0.3) is 0 Å². The minimum Gasteiger partial charge on any atom is -0.330 e. The van der Waals surface area contributed by atoms with Crippen molar-refractivity contribution in [3.63, 3.8) is 0 Å². The summed E-state index contributed by atoms with van der Waals surface area (Å²) in [7, 11) is 0. The fraction of sp³-hybridized carbons (Fsp3) is 0.615. The lowest BCUT2D eigenvalue weighted by Gasteiger charge is -2.35. The highest BCUT2D eigenvalue weighted by Crippen LogP contribution is 2.30. The molecule has 0 saturated carbocycles. The molecule has 0 radical (unpaired) electrons. The van der Waals surface area contributed by atoms with Gasteiger partial charge in [-0.1, -0.05) is 12.5 Å². The van der Waals surface area contributed by atoms with Crippen LogP contribution in [0.15, 0.2) is 24.5 Å². The molecule has 88 valence electrons. The molecule has 1 aromatic rings. The number of nitrogens with two attached hydrogens (primary N) is 1. The van der Waals surface area contributed by atoms with Crippen LogP contribution in [0.2, 0.25) is 0 Å². The van der Waals surface area contributed by atoms with E-state index in [0.717, 1.165) is 19.5 Å². The van der Waals surface area contributed by atoms with Crippen molar-refractivity contribution < 1.29 is 0 Å². The van der Waals surface area contributed by atoms with Crippen LogP contribution < -0.4 is 5.73 Å². The van der Waals surface area contributed by atoms with Gasteiger partial charge in [0.05, 0.1) is 0 Å². The van der Waals surface area contributed by atoms with Gasteiger partial charge in [0.1, 0.15) is 0 Å². The molecule has 2 N–H and O–H groups in total. The number of aromatic nitrogens is 1. The van der Waals surface area contributed by atoms with E-state index in [-0.39, 0.29) is 0 Å². The van der Waals surface area contributed by atoms with Crippen LogP contribution in [0.1, 0.15) is 37.3 Å². The number of hydrogen-bond donors (Lipinski definition) is 1. The summed E-state index contributed by atoms with van der Waals surface area (Å²) in [5, 5.41) is 0. The molecule has 0 spiro atoms. The van der Waals surface area contributed by atoms with Crippen LogP contribution in [0.3, 0.4) is 0 Å². The highest BCUT2D eigenvalue weighted by molar-refractivity contribution is 5.14. The Morgan fingerprint density at radius 3 is 3.12 bits per heavy atom. The van der Waals surface area contributed by atoms with Crippen molar-refractivity contribution in [2.24, 2.45) is 5.73 Å². The van der Waals surface area contributed by atoms with E-state index < -0.39 is 0 Å². The van der Waals surface area contributed by atoms with Gasteiger partial charge in [-0.2, -0.15) is 0 Å². The average Bonchev–Trinajstić information content (AvgIpc) is 2.38. The second-order valence-corrected chi connectivity index (χ2v) is 4.48. The standard InChI is InChI=1S/C13H21N3/c14-7-4-10-16-9-2-1-6-13(16)12-5-3-8-15-11-12/h3,5,8,11,13H,1-2,4,6-7,9-10,14H2/t13-/m1/s1. The monoisotopic (exact) mass is 219 g/mol. The predicted molar refractivity (Wildman–Crippen MR) is 66.1 cm³/mol. The Labute approximate surface area is 97.7 Å². The molecule has 1 fully saturated rings. The molecule has 2 heterocycles. The maximum Gasteiger partial charge on any atom is 0.0363 e. The fourth-order valence-electron chi connectivity index (χ4n) is 2.50. The maximum atomic E-state index is 5.59. The van der Waals surface area contributed by atoms with Crippen molar-refractivity contribution in [1.29, 1.82) is 0 Å². The third kappa shape index (κ3) is 2.80. The Morgan fingerprint density at radius 2 is 2.38 bits per heavy atom. The van der Waals surface area contributed by atoms with Gasteiger partial charge in [0.15, 0.2) is 0 Å². The Hall–Kier alpha value is -0.930. The molecule has 16 heavy (non-hydrogen) atoms. The molecule has 0 unspecified atom stereocenters. The van der Waals surface area contributed by atoms with E-state index in [1.807, 2.05) is 18.5 Å². The fourth-order valence-corrected chi connectivity index (χ4v) is 2.50. The molecule has 0 bridgehead atoms. The first-order chi connectivity index (χ1) is 7.92. The van der Waals surface area contributed by atoms with Crippen molar-refractivity contribution in [1.82, 2.24) is 9.88 Å². The molecule has 3 nitrogen and oxygen atoms in total. The summed E-state index contributed by atoms with van der Waals surface area (Å²) >= 11 is 0. The van der Waals surface area contributed by atoms with Crippen LogP contribution in [0, 0.1) is 0 Å². The first-order valence-corrected chi connectivity index (χ1v) is 6.26. The van der Waals surface area contributed by atoms with Gasteiger partial charge in [0.25, 0.3) is 0 Å². The van der Waals surface area contributed by atoms with Gasteiger partial charge in [-0.15, -0.1) is 0 Å². The lowest BCUT2D eigenvalue weighted by Crippen LogP contribution is -2.35. The Bertz CT molecular complexity index is 299. The number of piperidine rings is 1. The number of rotatable bonds is 4. The number of nitrogens with zero attached hydrogens (tertiary/aromatic N) is 2. The second kappa shape index (κ2) is 5.97. The van der Waals surface area contributed by atoms with Crippen molar-refractivity contribution in [3.05, 3.63) is 30.1 Å². The first-order valence-electron chi connectivity index (χ1n) is 6.26. The molecular formula is C13H21N3. The van der Waals surface area contributed by atoms with E-state index in [9.17, 15) is 0 Å². The van der Waals surface area contributed by atoms with Crippen molar-refractivity contribution in [2.45, 2.75) is 31.7 Å². The zero-order valence-electron chi connectivity index (χ0n) is 9.81. The van der Waals surface area contributed by atoms with Gasteiger partial charge in [0.2, 0.25) is 0 Å². The van der Waals surface area contributed by atoms with Crippen LogP contribution in [0.4, 0.5) is 0 Å². The highest BCUT2D eigenvalue weighted by atomic mass is 15.2. The minimum atomic E-state index is 0.564. The Morgan fingerprint density at radius 1 is 1.44 bits per heavy atom. The molecule has 2 rings (SSSR count). The summed E-state index contributed by atoms with van der Waals surface area (Å²) in [6, 6.07) is 4.79. The second-order valence-electron chi connectivity index (χ2n) is 4.48. The normalized spacial score (nSPS) is 22.2. The van der Waals surface area contributed by atoms with Crippen LogP contribution >= 0.6 is 0 Å². The van der Waals surface area contributed by atoms with Crippen LogP contribution in [0.5, 0.6) is 0 Å². The maximum absolute atomic E-state index is 5.59. The number of pyridine rings is 1. The third-order valence-corrected chi connectivity index (χ3v) is 3.33. The zero-order chi connectivity index (χ0) is 11.2. The molecule has 0 amide bonds. The van der Waals surface area contributed by atoms with Crippen molar-refractivity contribution in [3.8, 4) is 0 Å². The molecule has 1 aromatic heterocycles. The molecule has 1 aliphatic heterocycles. The van der Waals surface area contributed by atoms with Crippen LogP contribution in [-0.4, -0.2) is 29.5 Å². The smallest absolute Gasteiger partial charge is 0.0363 e. The van der Waals surface area contributed by atoms with Gasteiger partial charge in [-0.05, 0) is 50.5 Å².